The van der Waals surface area contributed by atoms with E-state index in [-0.39, 0.29) is 17.4 Å². The zero-order valence-electron chi connectivity index (χ0n) is 20.5. The van der Waals surface area contributed by atoms with Crippen LogP contribution in [0.4, 0.5) is 0 Å². The van der Waals surface area contributed by atoms with Crippen molar-refractivity contribution in [2.24, 2.45) is 0 Å². The molecule has 0 fully saturated rings. The van der Waals surface area contributed by atoms with Crippen LogP contribution in [0.15, 0.2) is 79.2 Å². The molecule has 0 unspecified atom stereocenters. The lowest BCUT2D eigenvalue weighted by atomic mass is 10.1. The molecule has 5 nitrogen and oxygen atoms in total. The Bertz CT molecular complexity index is 851. The fourth-order valence-electron chi connectivity index (χ4n) is 3.05. The van der Waals surface area contributed by atoms with Gasteiger partial charge in [0.2, 0.25) is 0 Å². The Hall–Kier alpha value is -3.21. The van der Waals surface area contributed by atoms with Gasteiger partial charge in [0.1, 0.15) is 11.5 Å². The smallest absolute Gasteiger partial charge is 0.252 e. The van der Waals surface area contributed by atoms with Crippen LogP contribution in [0.2, 0.25) is 0 Å². The Balaban J connectivity index is 1.98. The van der Waals surface area contributed by atoms with Gasteiger partial charge in [0.05, 0.1) is 11.8 Å². The standard InChI is InChI=1S/C29H40N2O3/c1-2-3-4-5-6-7-8-9-10-11-12-13-14-15-16-17-18-20-27(32)21-19-22-31-29(34)26-23-28(33)25-30-24-26/h3-4,6-7,9-10,12-13,15-16,23-25,33H,2,5,8,11,14,17-22H2,1H3,(H,31,34)/b4-3-,7-6-,10-9-,13-12-,16-15-. The van der Waals surface area contributed by atoms with E-state index in [0.29, 0.717) is 31.4 Å². The summed E-state index contributed by atoms with van der Waals surface area (Å²) in [5.41, 5.74) is 0.309. The third-order valence-electron chi connectivity index (χ3n) is 4.89. The Kier molecular flexibility index (Phi) is 17.3. The molecule has 1 aromatic heterocycles. The SMILES string of the molecule is CC/C=C\C/C=C\C/C=C\C/C=C\C/C=C\CCCC(=O)CCCNC(=O)c1cncc(O)c1. The third-order valence-corrected chi connectivity index (χ3v) is 4.89. The summed E-state index contributed by atoms with van der Waals surface area (Å²) in [6.07, 6.45) is 32.8. The number of Topliss-reactive ketones (excluding diaryl/α,β-unsaturated/α-hetero) is 1. The summed E-state index contributed by atoms with van der Waals surface area (Å²) < 4.78 is 0. The van der Waals surface area contributed by atoms with E-state index in [1.54, 1.807) is 0 Å². The van der Waals surface area contributed by atoms with Crippen LogP contribution < -0.4 is 5.32 Å². The molecule has 0 atom stereocenters. The number of carbonyl (C=O) groups excluding carboxylic acids is 2. The zero-order chi connectivity index (χ0) is 24.7. The third kappa shape index (κ3) is 16.4. The summed E-state index contributed by atoms with van der Waals surface area (Å²) in [5.74, 6) is -0.120. The number of hydrogen-bond donors (Lipinski definition) is 2. The first-order valence-corrected chi connectivity index (χ1v) is 12.3. The van der Waals surface area contributed by atoms with Crippen LogP contribution in [0.1, 0.15) is 81.5 Å². The molecule has 34 heavy (non-hydrogen) atoms. The lowest BCUT2D eigenvalue weighted by molar-refractivity contribution is -0.119. The van der Waals surface area contributed by atoms with Gasteiger partial charge in [-0.25, -0.2) is 0 Å². The van der Waals surface area contributed by atoms with E-state index in [1.165, 1.54) is 18.5 Å². The van der Waals surface area contributed by atoms with Gasteiger partial charge in [0.15, 0.2) is 0 Å². The Morgan fingerprint density at radius 2 is 1.38 bits per heavy atom. The quantitative estimate of drug-likeness (QED) is 0.185. The summed E-state index contributed by atoms with van der Waals surface area (Å²) in [5, 5.41) is 12.1. The second kappa shape index (κ2) is 20.4. The largest absolute Gasteiger partial charge is 0.506 e. The van der Waals surface area contributed by atoms with Crippen LogP contribution in [-0.4, -0.2) is 28.3 Å². The molecule has 2 N–H and O–H groups in total. The number of aromatic nitrogens is 1. The number of rotatable bonds is 18. The number of aromatic hydroxyl groups is 1. The van der Waals surface area contributed by atoms with Crippen LogP contribution in [0.25, 0.3) is 0 Å². The molecule has 0 radical (unpaired) electrons. The van der Waals surface area contributed by atoms with Gasteiger partial charge in [-0.05, 0) is 57.4 Å². The molecule has 5 heteroatoms. The number of unbranched alkanes of at least 4 members (excludes halogenated alkanes) is 1. The van der Waals surface area contributed by atoms with Crippen molar-refractivity contribution < 1.29 is 14.7 Å². The van der Waals surface area contributed by atoms with Gasteiger partial charge in [0, 0.05) is 25.6 Å². The highest BCUT2D eigenvalue weighted by Gasteiger charge is 2.07. The van der Waals surface area contributed by atoms with Gasteiger partial charge in [-0.2, -0.15) is 0 Å². The van der Waals surface area contributed by atoms with Crippen molar-refractivity contribution in [3.8, 4) is 5.75 Å². The van der Waals surface area contributed by atoms with E-state index in [0.717, 1.165) is 44.9 Å². The minimum atomic E-state index is -0.297. The number of ketones is 1. The summed E-state index contributed by atoms with van der Waals surface area (Å²) in [6.45, 7) is 2.57. The number of hydrogen-bond acceptors (Lipinski definition) is 4. The number of pyridine rings is 1. The number of nitrogens with zero attached hydrogens (tertiary/aromatic N) is 1. The molecule has 0 aliphatic rings. The Morgan fingerprint density at radius 1 is 0.824 bits per heavy atom. The Morgan fingerprint density at radius 3 is 1.97 bits per heavy atom. The van der Waals surface area contributed by atoms with Crippen molar-refractivity contribution in [1.29, 1.82) is 0 Å². The molecule has 0 spiro atoms. The van der Waals surface area contributed by atoms with Gasteiger partial charge >= 0.3 is 0 Å². The number of allylic oxidation sites excluding steroid dienone is 10. The van der Waals surface area contributed by atoms with E-state index >= 15 is 0 Å². The average molecular weight is 465 g/mol. The molecule has 0 aliphatic carbocycles. The van der Waals surface area contributed by atoms with Crippen molar-refractivity contribution in [2.75, 3.05) is 6.54 Å². The zero-order valence-corrected chi connectivity index (χ0v) is 20.5. The summed E-state index contributed by atoms with van der Waals surface area (Å²) in [7, 11) is 0. The maximum Gasteiger partial charge on any atom is 0.252 e. The van der Waals surface area contributed by atoms with Crippen LogP contribution in [0.3, 0.4) is 0 Å². The van der Waals surface area contributed by atoms with Gasteiger partial charge in [0.25, 0.3) is 5.91 Å². The Labute approximate surface area is 205 Å². The van der Waals surface area contributed by atoms with Crippen molar-refractivity contribution in [3.05, 3.63) is 84.8 Å². The summed E-state index contributed by atoms with van der Waals surface area (Å²) in [6, 6.07) is 1.36. The topological polar surface area (TPSA) is 79.3 Å². The first-order valence-electron chi connectivity index (χ1n) is 12.3. The second-order valence-electron chi connectivity index (χ2n) is 7.93. The van der Waals surface area contributed by atoms with Crippen molar-refractivity contribution in [1.82, 2.24) is 10.3 Å². The minimum absolute atomic E-state index is 0.0460. The fourth-order valence-corrected chi connectivity index (χ4v) is 3.05. The van der Waals surface area contributed by atoms with E-state index in [9.17, 15) is 14.7 Å². The fraction of sp³-hybridized carbons (Fsp3) is 0.414. The highest BCUT2D eigenvalue weighted by atomic mass is 16.3. The molecule has 0 bridgehead atoms. The minimum Gasteiger partial charge on any atom is -0.506 e. The molecular weight excluding hydrogens is 424 g/mol. The van der Waals surface area contributed by atoms with E-state index in [2.05, 4.69) is 78.0 Å². The molecular formula is C29H40N2O3. The first kappa shape index (κ1) is 28.8. The maximum absolute atomic E-state index is 12.0. The van der Waals surface area contributed by atoms with Gasteiger partial charge in [-0.3, -0.25) is 14.6 Å². The number of amides is 1. The predicted molar refractivity (Wildman–Crippen MR) is 141 cm³/mol. The molecule has 0 saturated carbocycles. The summed E-state index contributed by atoms with van der Waals surface area (Å²) in [4.78, 5) is 27.7. The van der Waals surface area contributed by atoms with Gasteiger partial charge in [-0.15, -0.1) is 0 Å². The molecule has 1 rings (SSSR count). The first-order chi connectivity index (χ1) is 16.6. The van der Waals surface area contributed by atoms with Crippen molar-refractivity contribution >= 4 is 11.7 Å². The van der Waals surface area contributed by atoms with E-state index in [4.69, 9.17) is 0 Å². The van der Waals surface area contributed by atoms with Crippen molar-refractivity contribution in [3.63, 3.8) is 0 Å². The molecule has 184 valence electrons. The molecule has 0 aromatic carbocycles. The van der Waals surface area contributed by atoms with Gasteiger partial charge in [-0.1, -0.05) is 67.7 Å². The predicted octanol–water partition coefficient (Wildman–Crippen LogP) is 6.79. The van der Waals surface area contributed by atoms with Crippen LogP contribution in [0, 0.1) is 0 Å². The average Bonchev–Trinajstić information content (AvgIpc) is 2.83. The maximum atomic E-state index is 12.0. The van der Waals surface area contributed by atoms with Crippen molar-refractivity contribution in [2.45, 2.75) is 71.1 Å². The molecule has 0 saturated heterocycles. The van der Waals surface area contributed by atoms with Gasteiger partial charge < -0.3 is 10.4 Å². The van der Waals surface area contributed by atoms with E-state index < -0.39 is 0 Å². The van der Waals surface area contributed by atoms with E-state index in [1.807, 2.05) is 0 Å². The summed E-state index contributed by atoms with van der Waals surface area (Å²) >= 11 is 0. The van der Waals surface area contributed by atoms with Crippen LogP contribution in [0.5, 0.6) is 5.75 Å². The number of nitrogens with one attached hydrogen (secondary N) is 1. The molecule has 1 heterocycles. The van der Waals surface area contributed by atoms with Crippen LogP contribution in [-0.2, 0) is 4.79 Å². The molecule has 1 amide bonds. The lowest BCUT2D eigenvalue weighted by Crippen LogP contribution is -2.24. The molecule has 0 aliphatic heterocycles. The highest BCUT2D eigenvalue weighted by Crippen LogP contribution is 2.08. The monoisotopic (exact) mass is 464 g/mol. The second-order valence-corrected chi connectivity index (χ2v) is 7.93. The highest BCUT2D eigenvalue weighted by molar-refractivity contribution is 5.94. The van der Waals surface area contributed by atoms with Crippen LogP contribution >= 0.6 is 0 Å². The lowest BCUT2D eigenvalue weighted by Gasteiger charge is -2.05. The molecule has 1 aromatic rings. The number of carbonyl (C=O) groups is 2. The normalized spacial score (nSPS) is 12.1.